The lowest BCUT2D eigenvalue weighted by molar-refractivity contribution is 0.0809. The maximum absolute atomic E-state index is 13.1. The molecule has 0 aliphatic heterocycles. The normalized spacial score (nSPS) is 18.3. The summed E-state index contributed by atoms with van der Waals surface area (Å²) in [7, 11) is 0. The van der Waals surface area contributed by atoms with Crippen molar-refractivity contribution in [3.8, 4) is 0 Å². The van der Waals surface area contributed by atoms with Crippen LogP contribution in [0, 0.1) is 17.0 Å². The van der Waals surface area contributed by atoms with E-state index >= 15 is 0 Å². The average molecular weight is 239 g/mol. The Kier molecular flexibility index (Phi) is 3.24. The van der Waals surface area contributed by atoms with E-state index in [1.807, 2.05) is 0 Å². The summed E-state index contributed by atoms with van der Waals surface area (Å²) in [6.45, 7) is 0.269. The second-order valence-corrected chi connectivity index (χ2v) is 4.65. The summed E-state index contributed by atoms with van der Waals surface area (Å²) in [6.07, 6.45) is 3.40. The van der Waals surface area contributed by atoms with Crippen molar-refractivity contribution in [1.82, 2.24) is 0 Å². The van der Waals surface area contributed by atoms with E-state index in [-0.39, 0.29) is 17.9 Å². The number of carbonyl (C=O) groups excluding carboxylic acids is 1. The molecular weight excluding hydrogens is 224 g/mol. The summed E-state index contributed by atoms with van der Waals surface area (Å²) in [5, 5.41) is 0. The topological polar surface area (TPSA) is 43.1 Å². The average Bonchev–Trinajstić information content (AvgIpc) is 2.81. The van der Waals surface area contributed by atoms with Crippen LogP contribution in [-0.2, 0) is 0 Å². The first-order chi connectivity index (χ1) is 8.09. The smallest absolute Gasteiger partial charge is 0.170 e. The molecule has 1 aromatic rings. The molecule has 0 amide bonds. The fourth-order valence-corrected chi connectivity index (χ4v) is 2.52. The molecule has 2 nitrogen and oxygen atoms in total. The van der Waals surface area contributed by atoms with Gasteiger partial charge in [0.05, 0.1) is 0 Å². The van der Waals surface area contributed by atoms with E-state index in [9.17, 15) is 13.6 Å². The Morgan fingerprint density at radius 2 is 1.88 bits per heavy atom. The van der Waals surface area contributed by atoms with Gasteiger partial charge in [0.1, 0.15) is 0 Å². The largest absolute Gasteiger partial charge is 0.329 e. The molecule has 2 rings (SSSR count). The third kappa shape index (κ3) is 2.09. The van der Waals surface area contributed by atoms with Gasteiger partial charge in [-0.05, 0) is 31.0 Å². The molecule has 1 aromatic carbocycles. The van der Waals surface area contributed by atoms with Gasteiger partial charge in [-0.3, -0.25) is 4.79 Å². The first-order valence-corrected chi connectivity index (χ1v) is 5.79. The molecule has 0 atom stereocenters. The van der Waals surface area contributed by atoms with Crippen molar-refractivity contribution in [2.75, 3.05) is 6.54 Å². The summed E-state index contributed by atoms with van der Waals surface area (Å²) >= 11 is 0. The number of Topliss-reactive ketones (excluding diaryl/α,β-unsaturated/α-hetero) is 1. The maximum Gasteiger partial charge on any atom is 0.170 e. The Morgan fingerprint density at radius 1 is 1.24 bits per heavy atom. The summed E-state index contributed by atoms with van der Waals surface area (Å²) in [4.78, 5) is 12.3. The molecule has 1 aliphatic carbocycles. The number of rotatable bonds is 3. The highest BCUT2D eigenvalue weighted by Gasteiger charge is 2.40. The lowest BCUT2D eigenvalue weighted by Crippen LogP contribution is -2.36. The highest BCUT2D eigenvalue weighted by Crippen LogP contribution is 2.40. The summed E-state index contributed by atoms with van der Waals surface area (Å²) in [5.74, 6) is -2.08. The minimum absolute atomic E-state index is 0.156. The zero-order chi connectivity index (χ0) is 12.5. The molecule has 92 valence electrons. The lowest BCUT2D eigenvalue weighted by Gasteiger charge is -2.25. The van der Waals surface area contributed by atoms with Gasteiger partial charge in [-0.1, -0.05) is 12.8 Å². The predicted octanol–water partition coefficient (Wildman–Crippen LogP) is 2.67. The van der Waals surface area contributed by atoms with E-state index in [0.717, 1.165) is 37.8 Å². The summed E-state index contributed by atoms with van der Waals surface area (Å²) < 4.78 is 25.9. The van der Waals surface area contributed by atoms with Crippen LogP contribution in [0.25, 0.3) is 0 Å². The van der Waals surface area contributed by atoms with Crippen LogP contribution in [0.2, 0.25) is 0 Å². The van der Waals surface area contributed by atoms with Gasteiger partial charge in [0.25, 0.3) is 0 Å². The van der Waals surface area contributed by atoms with Crippen molar-refractivity contribution < 1.29 is 13.6 Å². The number of benzene rings is 1. The van der Waals surface area contributed by atoms with Crippen LogP contribution in [0.5, 0.6) is 0 Å². The third-order valence-electron chi connectivity index (χ3n) is 3.61. The van der Waals surface area contributed by atoms with Crippen molar-refractivity contribution in [3.63, 3.8) is 0 Å². The molecular formula is C13H15F2NO. The zero-order valence-corrected chi connectivity index (χ0v) is 9.51. The maximum atomic E-state index is 13.1. The first-order valence-electron chi connectivity index (χ1n) is 5.79. The van der Waals surface area contributed by atoms with Crippen molar-refractivity contribution in [2.24, 2.45) is 11.1 Å². The van der Waals surface area contributed by atoms with Gasteiger partial charge in [0, 0.05) is 17.5 Å². The second-order valence-electron chi connectivity index (χ2n) is 4.65. The Balaban J connectivity index is 2.32. The monoisotopic (exact) mass is 239 g/mol. The van der Waals surface area contributed by atoms with Crippen molar-refractivity contribution >= 4 is 5.78 Å². The number of carbonyl (C=O) groups is 1. The molecule has 4 heteroatoms. The van der Waals surface area contributed by atoms with Gasteiger partial charge in [-0.25, -0.2) is 8.78 Å². The highest BCUT2D eigenvalue weighted by atomic mass is 19.2. The molecule has 0 bridgehead atoms. The predicted molar refractivity (Wildman–Crippen MR) is 60.6 cm³/mol. The molecule has 1 saturated carbocycles. The SMILES string of the molecule is NCC1(C(=O)c2ccc(F)c(F)c2)CCCC1. The van der Waals surface area contributed by atoms with E-state index in [1.54, 1.807) is 0 Å². The first kappa shape index (κ1) is 12.2. The van der Waals surface area contributed by atoms with Gasteiger partial charge in [0.2, 0.25) is 0 Å². The van der Waals surface area contributed by atoms with Gasteiger partial charge in [-0.15, -0.1) is 0 Å². The third-order valence-corrected chi connectivity index (χ3v) is 3.61. The van der Waals surface area contributed by atoms with Crippen molar-refractivity contribution in [2.45, 2.75) is 25.7 Å². The van der Waals surface area contributed by atoms with Crippen molar-refractivity contribution in [1.29, 1.82) is 0 Å². The van der Waals surface area contributed by atoms with Crippen LogP contribution in [-0.4, -0.2) is 12.3 Å². The van der Waals surface area contributed by atoms with Gasteiger partial charge in [-0.2, -0.15) is 0 Å². The fourth-order valence-electron chi connectivity index (χ4n) is 2.52. The lowest BCUT2D eigenvalue weighted by atomic mass is 9.79. The molecule has 0 unspecified atom stereocenters. The number of hydrogen-bond acceptors (Lipinski definition) is 2. The quantitative estimate of drug-likeness (QED) is 0.824. The van der Waals surface area contributed by atoms with Gasteiger partial charge < -0.3 is 5.73 Å². The number of halogens is 2. The number of nitrogens with two attached hydrogens (primary N) is 1. The molecule has 2 N–H and O–H groups in total. The Hall–Kier alpha value is -1.29. The zero-order valence-electron chi connectivity index (χ0n) is 9.51. The van der Waals surface area contributed by atoms with Crippen LogP contribution in [0.4, 0.5) is 8.78 Å². The van der Waals surface area contributed by atoms with Gasteiger partial charge >= 0.3 is 0 Å². The molecule has 1 fully saturated rings. The van der Waals surface area contributed by atoms with Gasteiger partial charge in [0.15, 0.2) is 17.4 Å². The van der Waals surface area contributed by atoms with Crippen molar-refractivity contribution in [3.05, 3.63) is 35.4 Å². The Morgan fingerprint density at radius 3 is 2.41 bits per heavy atom. The van der Waals surface area contributed by atoms with E-state index in [2.05, 4.69) is 0 Å². The van der Waals surface area contributed by atoms with Crippen LogP contribution in [0.1, 0.15) is 36.0 Å². The molecule has 1 aliphatic rings. The minimum atomic E-state index is -0.985. The molecule has 0 radical (unpaired) electrons. The van der Waals surface area contributed by atoms with E-state index in [0.29, 0.717) is 0 Å². The number of ketones is 1. The molecule has 0 aromatic heterocycles. The van der Waals surface area contributed by atoms with Crippen LogP contribution in [0.15, 0.2) is 18.2 Å². The van der Waals surface area contributed by atoms with E-state index in [1.165, 1.54) is 6.07 Å². The standard InChI is InChI=1S/C13H15F2NO/c14-10-4-3-9(7-11(10)15)12(17)13(8-16)5-1-2-6-13/h3-4,7H,1-2,5-6,8,16H2. The summed E-state index contributed by atoms with van der Waals surface area (Å²) in [6, 6.07) is 3.28. The van der Waals surface area contributed by atoms with Crippen LogP contribution < -0.4 is 5.73 Å². The van der Waals surface area contributed by atoms with Crippen LogP contribution >= 0.6 is 0 Å². The molecule has 0 heterocycles. The molecule has 0 spiro atoms. The second kappa shape index (κ2) is 4.53. The van der Waals surface area contributed by atoms with Crippen LogP contribution in [0.3, 0.4) is 0 Å². The fraction of sp³-hybridized carbons (Fsp3) is 0.462. The Bertz CT molecular complexity index is 439. The van der Waals surface area contributed by atoms with E-state index < -0.39 is 17.0 Å². The number of hydrogen-bond donors (Lipinski definition) is 1. The highest BCUT2D eigenvalue weighted by molar-refractivity contribution is 6.00. The molecule has 0 saturated heterocycles. The van der Waals surface area contributed by atoms with E-state index in [4.69, 9.17) is 5.73 Å². The summed E-state index contributed by atoms with van der Waals surface area (Å²) in [5.41, 5.74) is 5.34. The minimum Gasteiger partial charge on any atom is -0.329 e. The Labute approximate surface area is 98.8 Å². The molecule has 17 heavy (non-hydrogen) atoms.